The van der Waals surface area contributed by atoms with Crippen LogP contribution in [0.5, 0.6) is 0 Å². The smallest absolute Gasteiger partial charge is 0.397 e. The highest BCUT2D eigenvalue weighted by molar-refractivity contribution is 8.00. The van der Waals surface area contributed by atoms with Crippen LogP contribution in [0.3, 0.4) is 0 Å². The van der Waals surface area contributed by atoms with Gasteiger partial charge in [0.15, 0.2) is 0 Å². The zero-order chi connectivity index (χ0) is 17.5. The number of hydrogen-bond donors (Lipinski definition) is 2. The lowest BCUT2D eigenvalue weighted by molar-refractivity contribution is -0.144. The average Bonchev–Trinajstić information content (AvgIpc) is 2.48. The Kier molecular flexibility index (Phi) is 6.93. The fourth-order valence-electron chi connectivity index (χ4n) is 2.10. The molecule has 1 amide bonds. The highest BCUT2D eigenvalue weighted by atomic mass is 32.2. The fraction of sp³-hybridized carbons (Fsp3) is 0.467. The summed E-state index contributed by atoms with van der Waals surface area (Å²) in [5.41, 5.74) is -0.760. The normalized spacial score (nSPS) is 14.1. The van der Waals surface area contributed by atoms with Crippen molar-refractivity contribution in [2.75, 3.05) is 18.1 Å². The maximum atomic E-state index is 12.0. The number of thioether (sulfide) groups is 1. The summed E-state index contributed by atoms with van der Waals surface area (Å²) in [6.45, 7) is 1.51. The number of alkyl halides is 3. The van der Waals surface area contributed by atoms with Gasteiger partial charge in [0.25, 0.3) is 0 Å². The van der Waals surface area contributed by atoms with Crippen molar-refractivity contribution in [1.29, 1.82) is 0 Å². The summed E-state index contributed by atoms with van der Waals surface area (Å²) in [5, 5.41) is 12.0. The fourth-order valence-corrected chi connectivity index (χ4v) is 2.72. The average molecular weight is 349 g/mol. The van der Waals surface area contributed by atoms with Crippen LogP contribution in [0, 0.1) is 0 Å². The molecule has 0 fully saturated rings. The molecule has 0 aliphatic carbocycles. The molecule has 4 nitrogen and oxygen atoms in total. The molecule has 1 unspecified atom stereocenters. The molecule has 0 spiro atoms. The number of aliphatic carboxylic acids is 1. The molecule has 1 rings (SSSR count). The van der Waals surface area contributed by atoms with E-state index in [2.05, 4.69) is 5.32 Å². The molecule has 0 aromatic heterocycles. The van der Waals surface area contributed by atoms with Crippen LogP contribution in [0.4, 0.5) is 13.2 Å². The predicted octanol–water partition coefficient (Wildman–Crippen LogP) is 2.83. The molecular weight excluding hydrogens is 331 g/mol. The number of benzene rings is 1. The monoisotopic (exact) mass is 349 g/mol. The van der Waals surface area contributed by atoms with Gasteiger partial charge in [-0.1, -0.05) is 37.3 Å². The summed E-state index contributed by atoms with van der Waals surface area (Å²) < 4.78 is 36.1. The van der Waals surface area contributed by atoms with Crippen LogP contribution < -0.4 is 5.32 Å². The summed E-state index contributed by atoms with van der Waals surface area (Å²) in [7, 11) is 0. The third kappa shape index (κ3) is 5.78. The molecule has 0 radical (unpaired) electrons. The maximum absolute atomic E-state index is 12.0. The van der Waals surface area contributed by atoms with E-state index >= 15 is 0 Å². The first kappa shape index (κ1) is 19.3. The molecule has 128 valence electrons. The molecule has 0 heterocycles. The van der Waals surface area contributed by atoms with Crippen molar-refractivity contribution in [2.45, 2.75) is 24.9 Å². The first-order chi connectivity index (χ1) is 10.7. The standard InChI is InChI=1S/C15H18F3NO3S/c1-2-14(13(21)22,11-6-4-3-5-7-11)9-19-12(20)8-23-10-15(16,17)18/h3-7H,2,8-10H2,1H3,(H,19,20)(H,21,22). The first-order valence-corrected chi connectivity index (χ1v) is 8.07. The molecule has 0 aliphatic rings. The van der Waals surface area contributed by atoms with Gasteiger partial charge < -0.3 is 10.4 Å². The van der Waals surface area contributed by atoms with Crippen molar-refractivity contribution in [2.24, 2.45) is 0 Å². The predicted molar refractivity (Wildman–Crippen MR) is 82.4 cm³/mol. The Balaban J connectivity index is 2.69. The van der Waals surface area contributed by atoms with E-state index in [0.29, 0.717) is 17.3 Å². The molecule has 1 aromatic rings. The van der Waals surface area contributed by atoms with Crippen LogP contribution in [0.25, 0.3) is 0 Å². The number of amides is 1. The Morgan fingerprint density at radius 3 is 2.30 bits per heavy atom. The van der Waals surface area contributed by atoms with Crippen molar-refractivity contribution < 1.29 is 27.9 Å². The number of halogens is 3. The summed E-state index contributed by atoms with van der Waals surface area (Å²) in [4.78, 5) is 23.4. The van der Waals surface area contributed by atoms with Crippen molar-refractivity contribution in [3.63, 3.8) is 0 Å². The van der Waals surface area contributed by atoms with E-state index in [1.54, 1.807) is 37.3 Å². The first-order valence-electron chi connectivity index (χ1n) is 6.91. The third-order valence-corrected chi connectivity index (χ3v) is 4.42. The Morgan fingerprint density at radius 2 is 1.83 bits per heavy atom. The Bertz CT molecular complexity index is 537. The van der Waals surface area contributed by atoms with E-state index in [4.69, 9.17) is 0 Å². The lowest BCUT2D eigenvalue weighted by atomic mass is 9.78. The number of rotatable bonds is 8. The molecule has 0 saturated heterocycles. The molecule has 8 heteroatoms. The van der Waals surface area contributed by atoms with E-state index < -0.39 is 29.2 Å². The van der Waals surface area contributed by atoms with E-state index in [1.165, 1.54) is 0 Å². The Labute approximate surface area is 136 Å². The van der Waals surface area contributed by atoms with Crippen molar-refractivity contribution >= 4 is 23.6 Å². The molecular formula is C15H18F3NO3S. The zero-order valence-electron chi connectivity index (χ0n) is 12.5. The van der Waals surface area contributed by atoms with Gasteiger partial charge >= 0.3 is 12.1 Å². The van der Waals surface area contributed by atoms with Gasteiger partial charge in [-0.05, 0) is 12.0 Å². The van der Waals surface area contributed by atoms with Crippen LogP contribution in [0.1, 0.15) is 18.9 Å². The number of carboxylic acids is 1. The van der Waals surface area contributed by atoms with Gasteiger partial charge in [-0.25, -0.2) is 0 Å². The van der Waals surface area contributed by atoms with Gasteiger partial charge in [0.2, 0.25) is 5.91 Å². The van der Waals surface area contributed by atoms with Gasteiger partial charge in [0.1, 0.15) is 5.41 Å². The molecule has 0 aliphatic heterocycles. The second-order valence-electron chi connectivity index (χ2n) is 4.99. The molecule has 2 N–H and O–H groups in total. The summed E-state index contributed by atoms with van der Waals surface area (Å²) in [6.07, 6.45) is -4.09. The van der Waals surface area contributed by atoms with Crippen LogP contribution in [-0.2, 0) is 15.0 Å². The van der Waals surface area contributed by atoms with Crippen LogP contribution in [-0.4, -0.2) is 41.2 Å². The highest BCUT2D eigenvalue weighted by Gasteiger charge is 2.39. The van der Waals surface area contributed by atoms with Gasteiger partial charge in [0.05, 0.1) is 11.5 Å². The van der Waals surface area contributed by atoms with Gasteiger partial charge in [-0.2, -0.15) is 13.2 Å². The van der Waals surface area contributed by atoms with E-state index in [1.807, 2.05) is 0 Å². The number of carboxylic acid groups (broad SMARTS) is 1. The van der Waals surface area contributed by atoms with E-state index in [9.17, 15) is 27.9 Å². The molecule has 0 saturated carbocycles. The van der Waals surface area contributed by atoms with E-state index in [0.717, 1.165) is 0 Å². The third-order valence-electron chi connectivity index (χ3n) is 3.43. The summed E-state index contributed by atoms with van der Waals surface area (Å²) >= 11 is 0.446. The Hall–Kier alpha value is -1.70. The lowest BCUT2D eigenvalue weighted by Crippen LogP contribution is -2.46. The quantitative estimate of drug-likeness (QED) is 0.757. The van der Waals surface area contributed by atoms with Crippen molar-refractivity contribution in [3.05, 3.63) is 35.9 Å². The van der Waals surface area contributed by atoms with Crippen molar-refractivity contribution in [3.8, 4) is 0 Å². The molecule has 1 aromatic carbocycles. The number of hydrogen-bond acceptors (Lipinski definition) is 3. The Morgan fingerprint density at radius 1 is 1.22 bits per heavy atom. The number of carbonyl (C=O) groups excluding carboxylic acids is 1. The van der Waals surface area contributed by atoms with Crippen LogP contribution >= 0.6 is 11.8 Å². The van der Waals surface area contributed by atoms with Gasteiger partial charge in [0, 0.05) is 6.54 Å². The zero-order valence-corrected chi connectivity index (χ0v) is 13.3. The van der Waals surface area contributed by atoms with Crippen molar-refractivity contribution in [1.82, 2.24) is 5.32 Å². The minimum absolute atomic E-state index is 0.172. The van der Waals surface area contributed by atoms with E-state index in [-0.39, 0.29) is 18.7 Å². The van der Waals surface area contributed by atoms with Crippen LogP contribution in [0.15, 0.2) is 30.3 Å². The topological polar surface area (TPSA) is 66.4 Å². The summed E-state index contributed by atoms with van der Waals surface area (Å²) in [6, 6.07) is 8.45. The van der Waals surface area contributed by atoms with Crippen LogP contribution in [0.2, 0.25) is 0 Å². The summed E-state index contributed by atoms with van der Waals surface area (Å²) in [5.74, 6) is -3.19. The lowest BCUT2D eigenvalue weighted by Gasteiger charge is -2.29. The largest absolute Gasteiger partial charge is 0.481 e. The van der Waals surface area contributed by atoms with Gasteiger partial charge in [-0.15, -0.1) is 11.8 Å². The van der Waals surface area contributed by atoms with Gasteiger partial charge in [-0.3, -0.25) is 9.59 Å². The highest BCUT2D eigenvalue weighted by Crippen LogP contribution is 2.28. The number of carbonyl (C=O) groups is 2. The molecule has 1 atom stereocenters. The second-order valence-corrected chi connectivity index (χ2v) is 5.98. The SMILES string of the molecule is CCC(CNC(=O)CSCC(F)(F)F)(C(=O)O)c1ccccc1. The maximum Gasteiger partial charge on any atom is 0.397 e. The minimum Gasteiger partial charge on any atom is -0.481 e. The number of nitrogens with one attached hydrogen (secondary N) is 1. The minimum atomic E-state index is -4.33. The molecule has 0 bridgehead atoms. The molecule has 23 heavy (non-hydrogen) atoms. The second kappa shape index (κ2) is 8.24.